The van der Waals surface area contributed by atoms with Gasteiger partial charge in [-0.1, -0.05) is 48.4 Å². The first kappa shape index (κ1) is 19.3. The molecule has 0 aliphatic carbocycles. The molecule has 2 heterocycles. The second-order valence-electron chi connectivity index (χ2n) is 6.07. The van der Waals surface area contributed by atoms with Crippen molar-refractivity contribution in [3.63, 3.8) is 0 Å². The van der Waals surface area contributed by atoms with Crippen LogP contribution in [0.5, 0.6) is 0 Å². The van der Waals surface area contributed by atoms with E-state index in [0.717, 1.165) is 5.56 Å². The van der Waals surface area contributed by atoms with Crippen molar-refractivity contribution < 1.29 is 4.39 Å². The number of halogens is 2. The molecule has 4 aromatic rings. The molecule has 2 N–H and O–H groups in total. The number of benzene rings is 2. The van der Waals surface area contributed by atoms with E-state index in [2.05, 4.69) is 26.8 Å². The molecule has 4 rings (SSSR count). The summed E-state index contributed by atoms with van der Waals surface area (Å²) in [5.74, 6) is 6.86. The van der Waals surface area contributed by atoms with Gasteiger partial charge in [-0.3, -0.25) is 0 Å². The van der Waals surface area contributed by atoms with Crippen LogP contribution in [0.25, 0.3) is 22.6 Å². The predicted octanol–water partition coefficient (Wildman–Crippen LogP) is 3.77. The maximum atomic E-state index is 13.6. The van der Waals surface area contributed by atoms with Crippen LogP contribution in [0, 0.1) is 17.7 Å². The number of aromatic nitrogens is 4. The highest BCUT2D eigenvalue weighted by Crippen LogP contribution is 2.25. The van der Waals surface area contributed by atoms with Crippen LogP contribution in [0.1, 0.15) is 11.4 Å². The Morgan fingerprint density at radius 1 is 1.04 bits per heavy atom. The summed E-state index contributed by atoms with van der Waals surface area (Å²) in [6, 6.07) is 16.2. The molecule has 0 radical (unpaired) electrons. The van der Waals surface area contributed by atoms with Gasteiger partial charge in [-0.15, -0.1) is 12.4 Å². The summed E-state index contributed by atoms with van der Waals surface area (Å²) < 4.78 is 15.3. The van der Waals surface area contributed by atoms with Gasteiger partial charge < -0.3 is 10.3 Å². The largest absolute Gasteiger partial charge is 0.382 e. The number of aryl methyl sites for hydroxylation is 1. The van der Waals surface area contributed by atoms with E-state index in [1.165, 1.54) is 12.1 Å². The van der Waals surface area contributed by atoms with Crippen molar-refractivity contribution in [1.82, 2.24) is 19.5 Å². The van der Waals surface area contributed by atoms with Crippen molar-refractivity contribution in [2.75, 3.05) is 5.73 Å². The van der Waals surface area contributed by atoms with E-state index in [1.54, 1.807) is 16.7 Å². The Kier molecular flexibility index (Phi) is 5.57. The molecular weight excluding hydrogens is 377 g/mol. The Bertz CT molecular complexity index is 1190. The standard InChI is InChI=1S/C21H16FN5.ClH/c1-27-20(15-10-6-11-16(22)13-15)26-18-19(23)24-17(25-21(18)27)12-5-9-14-7-3-2-4-8-14;/h2-4,6-8,10-11,13H,9H2,1H3,(H2,23,24,25);1H. The van der Waals surface area contributed by atoms with E-state index in [1.807, 2.05) is 37.4 Å². The minimum absolute atomic E-state index is 0. The highest BCUT2D eigenvalue weighted by molar-refractivity contribution is 5.86. The average molecular weight is 394 g/mol. The zero-order valence-electron chi connectivity index (χ0n) is 15.1. The number of nitrogen functional groups attached to an aromatic ring is 1. The molecule has 0 atom stereocenters. The van der Waals surface area contributed by atoms with Crippen LogP contribution in [-0.4, -0.2) is 19.5 Å². The van der Waals surface area contributed by atoms with Gasteiger partial charge >= 0.3 is 0 Å². The van der Waals surface area contributed by atoms with Crippen LogP contribution in [0.4, 0.5) is 10.2 Å². The van der Waals surface area contributed by atoms with E-state index in [0.29, 0.717) is 34.8 Å². The molecule has 0 amide bonds. The van der Waals surface area contributed by atoms with E-state index in [4.69, 9.17) is 5.73 Å². The van der Waals surface area contributed by atoms with Gasteiger partial charge in [0.25, 0.3) is 0 Å². The zero-order valence-corrected chi connectivity index (χ0v) is 15.9. The lowest BCUT2D eigenvalue weighted by Gasteiger charge is -2.02. The highest BCUT2D eigenvalue weighted by atomic mass is 35.5. The summed E-state index contributed by atoms with van der Waals surface area (Å²) in [7, 11) is 1.81. The smallest absolute Gasteiger partial charge is 0.208 e. The van der Waals surface area contributed by atoms with Gasteiger partial charge in [0.2, 0.25) is 5.82 Å². The van der Waals surface area contributed by atoms with Gasteiger partial charge in [0, 0.05) is 19.0 Å². The summed E-state index contributed by atoms with van der Waals surface area (Å²) in [5.41, 5.74) is 8.86. The van der Waals surface area contributed by atoms with Gasteiger partial charge in [-0.05, 0) is 23.6 Å². The lowest BCUT2D eigenvalue weighted by atomic mass is 10.2. The molecule has 5 nitrogen and oxygen atoms in total. The van der Waals surface area contributed by atoms with Crippen molar-refractivity contribution in [1.29, 1.82) is 0 Å². The van der Waals surface area contributed by atoms with Gasteiger partial charge in [-0.25, -0.2) is 19.3 Å². The van der Waals surface area contributed by atoms with E-state index < -0.39 is 0 Å². The molecule has 7 heteroatoms. The summed E-state index contributed by atoms with van der Waals surface area (Å²) in [5, 5.41) is 0. The maximum Gasteiger partial charge on any atom is 0.208 e. The van der Waals surface area contributed by atoms with Crippen molar-refractivity contribution in [3.05, 3.63) is 71.8 Å². The Balaban J connectivity index is 0.00000225. The third-order valence-corrected chi connectivity index (χ3v) is 4.16. The first-order chi connectivity index (χ1) is 13.1. The number of hydrogen-bond donors (Lipinski definition) is 1. The summed E-state index contributed by atoms with van der Waals surface area (Å²) in [6.07, 6.45) is 0.599. The van der Waals surface area contributed by atoms with Crippen LogP contribution in [0.15, 0.2) is 54.6 Å². The number of anilines is 1. The molecule has 0 aliphatic heterocycles. The Labute approximate surface area is 167 Å². The average Bonchev–Trinajstić information content (AvgIpc) is 3.00. The summed E-state index contributed by atoms with van der Waals surface area (Å²) in [6.45, 7) is 0. The Morgan fingerprint density at radius 3 is 2.57 bits per heavy atom. The minimum Gasteiger partial charge on any atom is -0.382 e. The highest BCUT2D eigenvalue weighted by Gasteiger charge is 2.15. The van der Waals surface area contributed by atoms with Gasteiger partial charge in [0.15, 0.2) is 17.0 Å². The number of imidazole rings is 1. The Hall–Kier alpha value is -3.43. The minimum atomic E-state index is -0.328. The van der Waals surface area contributed by atoms with Crippen LogP contribution in [0.3, 0.4) is 0 Å². The van der Waals surface area contributed by atoms with Crippen LogP contribution >= 0.6 is 12.4 Å². The van der Waals surface area contributed by atoms with E-state index >= 15 is 0 Å². The normalized spacial score (nSPS) is 10.2. The fourth-order valence-corrected chi connectivity index (χ4v) is 2.85. The molecule has 140 valence electrons. The lowest BCUT2D eigenvalue weighted by Crippen LogP contribution is -2.00. The molecule has 0 spiro atoms. The first-order valence-corrected chi connectivity index (χ1v) is 8.40. The number of rotatable bonds is 2. The number of nitrogens with two attached hydrogens (primary N) is 1. The van der Waals surface area contributed by atoms with Gasteiger partial charge in [0.1, 0.15) is 11.6 Å². The number of fused-ring (bicyclic) bond motifs is 1. The summed E-state index contributed by atoms with van der Waals surface area (Å²) >= 11 is 0. The van der Waals surface area contributed by atoms with Crippen LogP contribution in [-0.2, 0) is 13.5 Å². The first-order valence-electron chi connectivity index (χ1n) is 8.40. The maximum absolute atomic E-state index is 13.6. The third kappa shape index (κ3) is 3.80. The number of hydrogen-bond acceptors (Lipinski definition) is 4. The van der Waals surface area contributed by atoms with Crippen molar-refractivity contribution in [2.45, 2.75) is 6.42 Å². The van der Waals surface area contributed by atoms with Crippen LogP contribution < -0.4 is 5.73 Å². The molecule has 28 heavy (non-hydrogen) atoms. The third-order valence-electron chi connectivity index (χ3n) is 4.16. The lowest BCUT2D eigenvalue weighted by molar-refractivity contribution is 0.628. The molecule has 2 aromatic heterocycles. The van der Waals surface area contributed by atoms with Gasteiger partial charge in [-0.2, -0.15) is 0 Å². The van der Waals surface area contributed by atoms with Crippen molar-refractivity contribution in [3.8, 4) is 23.2 Å². The monoisotopic (exact) mass is 393 g/mol. The molecular formula is C21H17ClFN5. The number of nitrogens with zero attached hydrogens (tertiary/aromatic N) is 4. The van der Waals surface area contributed by atoms with Crippen molar-refractivity contribution >= 4 is 29.4 Å². The molecule has 0 bridgehead atoms. The molecule has 0 aliphatic rings. The predicted molar refractivity (Wildman–Crippen MR) is 110 cm³/mol. The Morgan fingerprint density at radius 2 is 1.82 bits per heavy atom. The topological polar surface area (TPSA) is 69.6 Å². The fraction of sp³-hybridized carbons (Fsp3) is 0.0952. The van der Waals surface area contributed by atoms with Crippen molar-refractivity contribution in [2.24, 2.45) is 7.05 Å². The van der Waals surface area contributed by atoms with E-state index in [-0.39, 0.29) is 24.0 Å². The quantitative estimate of drug-likeness (QED) is 0.526. The molecule has 0 saturated carbocycles. The molecule has 0 fully saturated rings. The molecule has 0 unspecified atom stereocenters. The SMILES string of the molecule is Cl.Cn1c(-c2cccc(F)c2)nc2c(N)nc(C#CCc3ccccc3)nc21. The van der Waals surface area contributed by atoms with Crippen LogP contribution in [0.2, 0.25) is 0 Å². The molecule has 2 aromatic carbocycles. The molecule has 0 saturated heterocycles. The second-order valence-corrected chi connectivity index (χ2v) is 6.07. The second kappa shape index (κ2) is 8.07. The van der Waals surface area contributed by atoms with Gasteiger partial charge in [0.05, 0.1) is 0 Å². The summed E-state index contributed by atoms with van der Waals surface area (Å²) in [4.78, 5) is 13.2. The zero-order chi connectivity index (χ0) is 18.8. The van der Waals surface area contributed by atoms with E-state index in [9.17, 15) is 4.39 Å². The fourth-order valence-electron chi connectivity index (χ4n) is 2.85.